The zero-order valence-corrected chi connectivity index (χ0v) is 22.2. The van der Waals surface area contributed by atoms with Crippen LogP contribution < -0.4 is 4.90 Å². The van der Waals surface area contributed by atoms with Crippen LogP contribution in [0.5, 0.6) is 0 Å². The van der Waals surface area contributed by atoms with E-state index in [1.807, 2.05) is 51.1 Å². The maximum absolute atomic E-state index is 14.5. The molecule has 0 radical (unpaired) electrons. The molecule has 2 saturated heterocycles. The smallest absolute Gasteiger partial charge is 0.311 e. The highest BCUT2D eigenvalue weighted by Gasteiger charge is 2.74. The van der Waals surface area contributed by atoms with Gasteiger partial charge in [0.1, 0.15) is 12.6 Å². The van der Waals surface area contributed by atoms with Crippen molar-refractivity contribution in [1.29, 1.82) is 0 Å². The first-order valence-corrected chi connectivity index (χ1v) is 13.6. The summed E-state index contributed by atoms with van der Waals surface area (Å²) in [6.07, 6.45) is 8.33. The van der Waals surface area contributed by atoms with Crippen LogP contribution in [0, 0.1) is 17.8 Å². The van der Waals surface area contributed by atoms with Gasteiger partial charge >= 0.3 is 5.97 Å². The number of ether oxygens (including phenoxy) is 1. The molecule has 2 amide bonds. The lowest BCUT2D eigenvalue weighted by atomic mass is 9.75. The Kier molecular flexibility index (Phi) is 6.50. The Bertz CT molecular complexity index is 1160. The second-order valence-electron chi connectivity index (χ2n) is 10.2. The van der Waals surface area contributed by atoms with Gasteiger partial charge in [0.15, 0.2) is 0 Å². The van der Waals surface area contributed by atoms with Gasteiger partial charge in [0.25, 0.3) is 5.91 Å². The molecule has 9 heteroatoms. The topological polar surface area (TPSA) is 87.2 Å². The van der Waals surface area contributed by atoms with Crippen molar-refractivity contribution in [2.24, 2.45) is 17.8 Å². The SMILES string of the molecule is CC[C@H](C)[C@H](CO)N1C(=O)[C@@H]2[C@H]3C(=O)OCC=C[C@@]3(C)S[C@@]23C=CCN(c2ccccc2Cl)C(=O)C13. The van der Waals surface area contributed by atoms with Crippen LogP contribution in [0.1, 0.15) is 27.2 Å². The van der Waals surface area contributed by atoms with Crippen LogP contribution >= 0.6 is 23.4 Å². The Morgan fingerprint density at radius 3 is 2.61 bits per heavy atom. The third-order valence-corrected chi connectivity index (χ3v) is 10.4. The highest BCUT2D eigenvalue weighted by molar-refractivity contribution is 8.02. The molecular formula is C27H31ClN2O5S. The molecule has 0 aliphatic carbocycles. The van der Waals surface area contributed by atoms with Crippen LogP contribution in [0.3, 0.4) is 0 Å². The lowest BCUT2D eigenvalue weighted by molar-refractivity contribution is -0.153. The van der Waals surface area contributed by atoms with Gasteiger partial charge in [-0.15, -0.1) is 11.8 Å². The summed E-state index contributed by atoms with van der Waals surface area (Å²) in [6.45, 7) is 6.07. The van der Waals surface area contributed by atoms with E-state index < -0.39 is 39.4 Å². The third-order valence-electron chi connectivity index (χ3n) is 8.24. The van der Waals surface area contributed by atoms with E-state index in [0.29, 0.717) is 10.7 Å². The highest BCUT2D eigenvalue weighted by Crippen LogP contribution is 2.66. The lowest BCUT2D eigenvalue weighted by Crippen LogP contribution is -2.58. The van der Waals surface area contributed by atoms with E-state index >= 15 is 0 Å². The fourth-order valence-corrected chi connectivity index (χ4v) is 8.73. The molecule has 2 fully saturated rings. The number of benzene rings is 1. The molecule has 192 valence electrons. The summed E-state index contributed by atoms with van der Waals surface area (Å²) in [5.41, 5.74) is 0.563. The highest BCUT2D eigenvalue weighted by atomic mass is 35.5. The van der Waals surface area contributed by atoms with Gasteiger partial charge in [0, 0.05) is 11.3 Å². The number of nitrogens with zero attached hydrogens (tertiary/aromatic N) is 2. The molecule has 7 atom stereocenters. The fourth-order valence-electron chi connectivity index (χ4n) is 6.35. The Hall–Kier alpha value is -2.29. The van der Waals surface area contributed by atoms with Crippen LogP contribution in [0.25, 0.3) is 0 Å². The van der Waals surface area contributed by atoms with Gasteiger partial charge in [-0.3, -0.25) is 14.4 Å². The van der Waals surface area contributed by atoms with Crippen molar-refractivity contribution >= 4 is 46.8 Å². The number of aliphatic hydroxyl groups is 1. The lowest BCUT2D eigenvalue weighted by Gasteiger charge is -2.41. The number of halogens is 1. The second kappa shape index (κ2) is 9.23. The first-order valence-electron chi connectivity index (χ1n) is 12.4. The number of aliphatic hydroxyl groups excluding tert-OH is 1. The number of hydrogen-bond acceptors (Lipinski definition) is 6. The van der Waals surface area contributed by atoms with Gasteiger partial charge in [-0.25, -0.2) is 0 Å². The molecule has 5 rings (SSSR count). The monoisotopic (exact) mass is 530 g/mol. The Labute approximate surface area is 220 Å². The maximum Gasteiger partial charge on any atom is 0.311 e. The number of carbonyl (C=O) groups is 3. The van der Waals surface area contributed by atoms with Gasteiger partial charge in [-0.1, -0.05) is 62.2 Å². The molecule has 1 unspecified atom stereocenters. The van der Waals surface area contributed by atoms with E-state index in [1.54, 1.807) is 28.0 Å². The Balaban J connectivity index is 1.71. The molecule has 4 aliphatic rings. The largest absolute Gasteiger partial charge is 0.461 e. The molecule has 1 aromatic rings. The molecule has 0 bridgehead atoms. The number of likely N-dealkylation sites (tertiary alicyclic amines) is 1. The number of carbonyl (C=O) groups excluding carboxylic acids is 3. The summed E-state index contributed by atoms with van der Waals surface area (Å²) >= 11 is 7.99. The van der Waals surface area contributed by atoms with E-state index in [-0.39, 0.29) is 37.5 Å². The number of rotatable bonds is 5. The number of anilines is 1. The first kappa shape index (κ1) is 25.4. The number of amides is 2. The predicted molar refractivity (Wildman–Crippen MR) is 140 cm³/mol. The van der Waals surface area contributed by atoms with E-state index in [2.05, 4.69) is 0 Å². The number of cyclic esters (lactones) is 1. The van der Waals surface area contributed by atoms with Crippen molar-refractivity contribution < 1.29 is 24.2 Å². The van der Waals surface area contributed by atoms with Crippen molar-refractivity contribution in [2.75, 3.05) is 24.7 Å². The fraction of sp³-hybridized carbons (Fsp3) is 0.519. The number of thioether (sulfide) groups is 1. The summed E-state index contributed by atoms with van der Waals surface area (Å²) in [6, 6.07) is 5.66. The second-order valence-corrected chi connectivity index (χ2v) is 12.4. The van der Waals surface area contributed by atoms with Gasteiger partial charge in [-0.05, 0) is 31.1 Å². The van der Waals surface area contributed by atoms with Crippen molar-refractivity contribution in [3.8, 4) is 0 Å². The van der Waals surface area contributed by atoms with Gasteiger partial charge in [0.05, 0.1) is 39.9 Å². The van der Waals surface area contributed by atoms with Crippen molar-refractivity contribution in [1.82, 2.24) is 4.90 Å². The van der Waals surface area contributed by atoms with Crippen molar-refractivity contribution in [3.05, 3.63) is 53.6 Å². The number of para-hydroxylation sites is 1. The average Bonchev–Trinajstić information content (AvgIpc) is 3.11. The summed E-state index contributed by atoms with van der Waals surface area (Å²) in [5, 5.41) is 10.9. The zero-order chi connectivity index (χ0) is 25.8. The minimum atomic E-state index is -0.995. The Morgan fingerprint density at radius 2 is 1.92 bits per heavy atom. The molecule has 36 heavy (non-hydrogen) atoms. The minimum absolute atomic E-state index is 0.0546. The summed E-state index contributed by atoms with van der Waals surface area (Å²) in [7, 11) is 0. The van der Waals surface area contributed by atoms with Crippen LogP contribution in [0.15, 0.2) is 48.6 Å². The molecule has 1 spiro atoms. The normalized spacial score (nSPS) is 35.0. The standard InChI is InChI=1S/C27H31ClN2O5S/c1-4-16(2)19(15-31)30-22-24(33)29(18-10-6-5-9-17(18)28)13-7-12-27(22)20(23(30)32)21-25(34)35-14-8-11-26(21,3)36-27/h5-12,16,19-22,31H,4,13-15H2,1-3H3/t16-,19-,20-,21-,22?,26+,27-/m0/s1. The number of esters is 1. The molecule has 0 saturated carbocycles. The summed E-state index contributed by atoms with van der Waals surface area (Å²) < 4.78 is 3.76. The molecule has 7 nitrogen and oxygen atoms in total. The zero-order valence-electron chi connectivity index (χ0n) is 20.6. The van der Waals surface area contributed by atoms with Gasteiger partial charge in [-0.2, -0.15) is 0 Å². The van der Waals surface area contributed by atoms with Crippen molar-refractivity contribution in [3.63, 3.8) is 0 Å². The number of fused-ring (bicyclic) bond motifs is 2. The van der Waals surface area contributed by atoms with Crippen LogP contribution in [0.4, 0.5) is 5.69 Å². The predicted octanol–water partition coefficient (Wildman–Crippen LogP) is 3.45. The average molecular weight is 531 g/mol. The molecule has 1 N–H and O–H groups in total. The summed E-state index contributed by atoms with van der Waals surface area (Å²) in [4.78, 5) is 45.2. The van der Waals surface area contributed by atoms with Crippen LogP contribution in [0.2, 0.25) is 5.02 Å². The molecule has 4 heterocycles. The van der Waals surface area contributed by atoms with Crippen molar-refractivity contribution in [2.45, 2.75) is 48.8 Å². The molecule has 0 aromatic heterocycles. The molecule has 1 aromatic carbocycles. The third kappa shape index (κ3) is 3.56. The van der Waals surface area contributed by atoms with Gasteiger partial charge in [0.2, 0.25) is 5.91 Å². The molecular weight excluding hydrogens is 500 g/mol. The Morgan fingerprint density at radius 1 is 1.17 bits per heavy atom. The van der Waals surface area contributed by atoms with E-state index in [4.69, 9.17) is 16.3 Å². The summed E-state index contributed by atoms with van der Waals surface area (Å²) in [5.74, 6) is -2.58. The minimum Gasteiger partial charge on any atom is -0.461 e. The molecule has 4 aliphatic heterocycles. The van der Waals surface area contributed by atoms with Crippen LogP contribution in [-0.2, 0) is 19.1 Å². The van der Waals surface area contributed by atoms with Crippen LogP contribution in [-0.4, -0.2) is 69.1 Å². The first-order chi connectivity index (χ1) is 17.2. The van der Waals surface area contributed by atoms with E-state index in [9.17, 15) is 19.5 Å². The number of hydrogen-bond donors (Lipinski definition) is 1. The maximum atomic E-state index is 14.5. The van der Waals surface area contributed by atoms with E-state index in [0.717, 1.165) is 6.42 Å². The quantitative estimate of drug-likeness (QED) is 0.463. The van der Waals surface area contributed by atoms with E-state index in [1.165, 1.54) is 11.8 Å². The van der Waals surface area contributed by atoms with Gasteiger partial charge < -0.3 is 19.6 Å².